The number of unbranched alkanes of at least 4 members (excludes halogenated alkanes) is 1. The molecule has 0 saturated heterocycles. The van der Waals surface area contributed by atoms with Crippen LogP contribution >= 0.6 is 11.6 Å². The molecule has 5 unspecified atom stereocenters. The monoisotopic (exact) mass is 641 g/mol. The van der Waals surface area contributed by atoms with Crippen LogP contribution < -0.4 is 15.8 Å². The van der Waals surface area contributed by atoms with Crippen LogP contribution in [0.2, 0.25) is 5.02 Å². The van der Waals surface area contributed by atoms with Crippen molar-refractivity contribution in [2.75, 3.05) is 20.2 Å². The van der Waals surface area contributed by atoms with Crippen LogP contribution in [-0.4, -0.2) is 59.3 Å². The molecule has 0 aliphatic heterocycles. The van der Waals surface area contributed by atoms with Crippen molar-refractivity contribution >= 4 is 17.5 Å². The van der Waals surface area contributed by atoms with E-state index < -0.39 is 6.10 Å². The van der Waals surface area contributed by atoms with Crippen molar-refractivity contribution in [3.05, 3.63) is 22.8 Å². The zero-order valence-electron chi connectivity index (χ0n) is 30.0. The number of nitrogens with zero attached hydrogens (tertiary/aromatic N) is 2. The van der Waals surface area contributed by atoms with Crippen molar-refractivity contribution < 1.29 is 14.6 Å². The van der Waals surface area contributed by atoms with Crippen LogP contribution in [-0.2, 0) is 11.3 Å². The van der Waals surface area contributed by atoms with Crippen LogP contribution in [0, 0.1) is 23.7 Å². The summed E-state index contributed by atoms with van der Waals surface area (Å²) in [5, 5.41) is 15.0. The molecule has 44 heavy (non-hydrogen) atoms. The molecule has 1 aliphatic carbocycles. The number of aliphatic hydroxyl groups excluding tert-OH is 1. The molecular formula is C36H69ClN4O3. The standard InChI is InChI=1S/C33H58ClN3O3.C2H6.CH5N/c1-8-11-19-40-33-30(34)16-15-28(35-33)22-37(23(4)5)18-17-29(38)21-26(10-3)32(39)36-31(25(7)9-2)27-14-12-13-24(6)20-27;2*1-2/h15-16,23-27,29,31,38H,8-14,17-22H2,1-7H3,(H,36,39);1-2H3;2H2,1H3/t24?,25?,26?,27?,29-,31?;;/m1../s1. The summed E-state index contributed by atoms with van der Waals surface area (Å²) in [5.41, 5.74) is 5.40. The molecule has 258 valence electrons. The molecule has 1 aromatic rings. The number of rotatable bonds is 18. The van der Waals surface area contributed by atoms with E-state index in [9.17, 15) is 9.90 Å². The Labute approximate surface area is 276 Å². The first kappa shape index (κ1) is 42.6. The molecule has 1 heterocycles. The Morgan fingerprint density at radius 3 is 2.41 bits per heavy atom. The van der Waals surface area contributed by atoms with Crippen molar-refractivity contribution in [3.63, 3.8) is 0 Å². The predicted octanol–water partition coefficient (Wildman–Crippen LogP) is 8.25. The molecule has 0 aromatic carbocycles. The molecule has 1 aliphatic rings. The first-order valence-electron chi connectivity index (χ1n) is 17.7. The van der Waals surface area contributed by atoms with Gasteiger partial charge in [-0.05, 0) is 89.3 Å². The van der Waals surface area contributed by atoms with Gasteiger partial charge in [0.25, 0.3) is 0 Å². The lowest BCUT2D eigenvalue weighted by Crippen LogP contribution is -2.48. The van der Waals surface area contributed by atoms with E-state index in [0.29, 0.717) is 48.7 Å². The molecule has 2 rings (SSSR count). The minimum Gasteiger partial charge on any atom is -0.477 e. The van der Waals surface area contributed by atoms with Gasteiger partial charge in [0.05, 0.1) is 18.4 Å². The van der Waals surface area contributed by atoms with Gasteiger partial charge in [0.2, 0.25) is 11.8 Å². The molecular weight excluding hydrogens is 572 g/mol. The average molecular weight is 641 g/mol. The summed E-state index contributed by atoms with van der Waals surface area (Å²) in [6, 6.07) is 4.31. The normalized spacial score (nSPS) is 19.2. The zero-order chi connectivity index (χ0) is 33.7. The molecule has 4 N–H and O–H groups in total. The summed E-state index contributed by atoms with van der Waals surface area (Å²) in [6.45, 7) is 21.3. The second kappa shape index (κ2) is 24.8. The van der Waals surface area contributed by atoms with Crippen molar-refractivity contribution in [1.82, 2.24) is 15.2 Å². The number of halogens is 1. The Hall–Kier alpha value is -1.41. The number of pyridine rings is 1. The highest BCUT2D eigenvalue weighted by Crippen LogP contribution is 2.34. The van der Waals surface area contributed by atoms with Gasteiger partial charge < -0.3 is 20.9 Å². The third-order valence-electron chi connectivity index (χ3n) is 8.92. The van der Waals surface area contributed by atoms with Crippen molar-refractivity contribution in [2.24, 2.45) is 29.4 Å². The van der Waals surface area contributed by atoms with Crippen molar-refractivity contribution in [3.8, 4) is 5.88 Å². The number of aliphatic hydroxyl groups is 1. The highest BCUT2D eigenvalue weighted by Gasteiger charge is 2.32. The SMILES string of the molecule is CC.CCCCOc1nc(CN(CC[C@@H](O)CC(CC)C(=O)NC(C(C)CC)C2CCCC(C)C2)C(C)C)ccc1Cl.CN. The Morgan fingerprint density at radius 1 is 1.16 bits per heavy atom. The molecule has 7 nitrogen and oxygen atoms in total. The fourth-order valence-corrected chi connectivity index (χ4v) is 6.14. The van der Waals surface area contributed by atoms with E-state index in [4.69, 9.17) is 16.3 Å². The number of carbonyl (C=O) groups excluding carboxylic acids is 1. The second-order valence-corrected chi connectivity index (χ2v) is 13.0. The van der Waals surface area contributed by atoms with Crippen molar-refractivity contribution in [2.45, 2.75) is 151 Å². The lowest BCUT2D eigenvalue weighted by Gasteiger charge is -2.37. The first-order chi connectivity index (χ1) is 21.1. The summed E-state index contributed by atoms with van der Waals surface area (Å²) in [4.78, 5) is 20.4. The van der Waals surface area contributed by atoms with Gasteiger partial charge >= 0.3 is 0 Å². The van der Waals surface area contributed by atoms with Crippen molar-refractivity contribution in [1.29, 1.82) is 0 Å². The maximum absolute atomic E-state index is 13.4. The Balaban J connectivity index is 0.00000443. The van der Waals surface area contributed by atoms with E-state index in [2.05, 4.69) is 69.4 Å². The predicted molar refractivity (Wildman–Crippen MR) is 188 cm³/mol. The minimum absolute atomic E-state index is 0.117. The molecule has 1 aromatic heterocycles. The number of hydrogen-bond donors (Lipinski definition) is 3. The van der Waals surface area contributed by atoms with Gasteiger partial charge in [0, 0.05) is 31.1 Å². The first-order valence-corrected chi connectivity index (χ1v) is 18.1. The molecule has 6 atom stereocenters. The molecule has 0 spiro atoms. The number of nitrogens with two attached hydrogens (primary N) is 1. The van der Waals surface area contributed by atoms with Crippen LogP contribution in [0.3, 0.4) is 0 Å². The minimum atomic E-state index is -0.528. The van der Waals surface area contributed by atoms with E-state index in [0.717, 1.165) is 43.8 Å². The Morgan fingerprint density at radius 2 is 1.84 bits per heavy atom. The molecule has 1 amide bonds. The van der Waals surface area contributed by atoms with Gasteiger partial charge in [-0.3, -0.25) is 9.69 Å². The summed E-state index contributed by atoms with van der Waals surface area (Å²) in [5.74, 6) is 2.19. The topological polar surface area (TPSA) is 101 Å². The summed E-state index contributed by atoms with van der Waals surface area (Å²) >= 11 is 6.31. The molecule has 0 radical (unpaired) electrons. The molecule has 0 bridgehead atoms. The molecule has 1 fully saturated rings. The number of ether oxygens (including phenoxy) is 1. The molecule has 8 heteroatoms. The zero-order valence-corrected chi connectivity index (χ0v) is 30.8. The lowest BCUT2D eigenvalue weighted by molar-refractivity contribution is -0.128. The van der Waals surface area contributed by atoms with Gasteiger partial charge in [0.15, 0.2) is 0 Å². The van der Waals surface area contributed by atoms with Crippen LogP contribution in [0.15, 0.2) is 12.1 Å². The average Bonchev–Trinajstić information content (AvgIpc) is 3.03. The van der Waals surface area contributed by atoms with Gasteiger partial charge in [-0.2, -0.15) is 0 Å². The summed E-state index contributed by atoms with van der Waals surface area (Å²) in [6.07, 6.45) is 9.38. The molecule has 1 saturated carbocycles. The number of amides is 1. The van der Waals surface area contributed by atoms with E-state index in [-0.39, 0.29) is 23.9 Å². The maximum atomic E-state index is 13.4. The number of aromatic nitrogens is 1. The van der Waals surface area contributed by atoms with Gasteiger partial charge in [-0.25, -0.2) is 4.98 Å². The van der Waals surface area contributed by atoms with Gasteiger partial charge in [0.1, 0.15) is 5.02 Å². The fraction of sp³-hybridized carbons (Fsp3) is 0.833. The quantitative estimate of drug-likeness (QED) is 0.140. The second-order valence-electron chi connectivity index (χ2n) is 12.6. The Bertz CT molecular complexity index is 872. The van der Waals surface area contributed by atoms with Gasteiger partial charge in [-0.15, -0.1) is 0 Å². The summed E-state index contributed by atoms with van der Waals surface area (Å²) < 4.78 is 5.79. The Kier molecular flexibility index (Phi) is 24.0. The van der Waals surface area contributed by atoms with E-state index in [1.54, 1.807) is 0 Å². The maximum Gasteiger partial charge on any atom is 0.232 e. The van der Waals surface area contributed by atoms with E-state index in [1.807, 2.05) is 26.0 Å². The fourth-order valence-electron chi connectivity index (χ4n) is 5.98. The van der Waals surface area contributed by atoms with Gasteiger partial charge in [-0.1, -0.05) is 85.8 Å². The van der Waals surface area contributed by atoms with E-state index in [1.165, 1.54) is 32.7 Å². The number of carbonyl (C=O) groups is 1. The summed E-state index contributed by atoms with van der Waals surface area (Å²) in [7, 11) is 1.50. The van der Waals surface area contributed by atoms with Crippen LogP contribution in [0.4, 0.5) is 0 Å². The number of nitrogens with one attached hydrogen (secondary N) is 1. The third kappa shape index (κ3) is 15.7. The smallest absolute Gasteiger partial charge is 0.232 e. The van der Waals surface area contributed by atoms with Crippen LogP contribution in [0.5, 0.6) is 5.88 Å². The van der Waals surface area contributed by atoms with E-state index >= 15 is 0 Å². The number of hydrogen-bond acceptors (Lipinski definition) is 6. The third-order valence-corrected chi connectivity index (χ3v) is 9.21. The highest BCUT2D eigenvalue weighted by atomic mass is 35.5. The van der Waals surface area contributed by atoms with Crippen LogP contribution in [0.25, 0.3) is 0 Å². The van der Waals surface area contributed by atoms with Crippen LogP contribution in [0.1, 0.15) is 132 Å². The highest BCUT2D eigenvalue weighted by molar-refractivity contribution is 6.31. The largest absolute Gasteiger partial charge is 0.477 e. The lowest BCUT2D eigenvalue weighted by atomic mass is 9.74.